The van der Waals surface area contributed by atoms with Gasteiger partial charge in [-0.1, -0.05) is 35.5 Å². The van der Waals surface area contributed by atoms with E-state index in [4.69, 9.17) is 16.3 Å². The first-order valence-corrected chi connectivity index (χ1v) is 10.1. The maximum Gasteiger partial charge on any atom is 0.286 e. The topological polar surface area (TPSA) is 34.0 Å². The fourth-order valence-electron chi connectivity index (χ4n) is 3.82. The molecule has 4 rings (SSSR count). The zero-order valence-corrected chi connectivity index (χ0v) is 16.4. The molecule has 1 amide bonds. The number of hydrogen-bond donors (Lipinski definition) is 1. The Labute approximate surface area is 163 Å². The smallest absolute Gasteiger partial charge is 0.286 e. The number of morpholine rings is 1. The van der Waals surface area contributed by atoms with Crippen LogP contribution in [0.15, 0.2) is 52.3 Å². The predicted octanol–water partition coefficient (Wildman–Crippen LogP) is 3.16. The van der Waals surface area contributed by atoms with Crippen LogP contribution in [0.4, 0.5) is 11.4 Å². The van der Waals surface area contributed by atoms with E-state index >= 15 is 0 Å². The van der Waals surface area contributed by atoms with Gasteiger partial charge in [0.2, 0.25) is 0 Å². The van der Waals surface area contributed by atoms with Crippen LogP contribution in [-0.2, 0) is 9.53 Å². The molecule has 0 unspecified atom stereocenters. The van der Waals surface area contributed by atoms with Crippen LogP contribution in [0.25, 0.3) is 0 Å². The van der Waals surface area contributed by atoms with E-state index in [0.29, 0.717) is 11.6 Å². The SMILES string of the molecule is C[C@@H]1C[NH+](CC(=O)N2c3ccccc3Sc3ccc(Cl)cc32)C[C@@H](C)O1. The van der Waals surface area contributed by atoms with Crippen molar-refractivity contribution in [3.8, 4) is 0 Å². The Bertz CT molecular complexity index is 834. The zero-order valence-electron chi connectivity index (χ0n) is 14.9. The normalized spacial score (nSPS) is 24.7. The number of ether oxygens (including phenoxy) is 1. The predicted molar refractivity (Wildman–Crippen MR) is 105 cm³/mol. The highest BCUT2D eigenvalue weighted by molar-refractivity contribution is 7.99. The Balaban J connectivity index is 1.67. The van der Waals surface area contributed by atoms with Crippen molar-refractivity contribution >= 4 is 40.6 Å². The first-order chi connectivity index (χ1) is 12.5. The molecule has 26 heavy (non-hydrogen) atoms. The van der Waals surface area contributed by atoms with Crippen LogP contribution in [0.5, 0.6) is 0 Å². The molecule has 2 heterocycles. The van der Waals surface area contributed by atoms with Crippen molar-refractivity contribution in [1.29, 1.82) is 0 Å². The van der Waals surface area contributed by atoms with Crippen molar-refractivity contribution < 1.29 is 14.4 Å². The van der Waals surface area contributed by atoms with E-state index in [1.165, 1.54) is 4.90 Å². The highest BCUT2D eigenvalue weighted by Gasteiger charge is 2.33. The average Bonchev–Trinajstić information content (AvgIpc) is 2.58. The van der Waals surface area contributed by atoms with Gasteiger partial charge in [0.25, 0.3) is 5.91 Å². The third-order valence-corrected chi connectivity index (χ3v) is 6.12. The van der Waals surface area contributed by atoms with E-state index in [0.717, 1.165) is 34.3 Å². The molecular formula is C20H22ClN2O2S+. The van der Waals surface area contributed by atoms with Gasteiger partial charge in [-0.15, -0.1) is 0 Å². The molecule has 2 aliphatic heterocycles. The van der Waals surface area contributed by atoms with Crippen molar-refractivity contribution in [2.24, 2.45) is 0 Å². The van der Waals surface area contributed by atoms with Crippen molar-refractivity contribution in [1.82, 2.24) is 0 Å². The van der Waals surface area contributed by atoms with Crippen molar-refractivity contribution in [3.05, 3.63) is 47.5 Å². The van der Waals surface area contributed by atoms with E-state index in [1.807, 2.05) is 41.3 Å². The van der Waals surface area contributed by atoms with Crippen molar-refractivity contribution in [2.75, 3.05) is 24.5 Å². The molecule has 0 spiro atoms. The minimum Gasteiger partial charge on any atom is -0.364 e. The highest BCUT2D eigenvalue weighted by Crippen LogP contribution is 2.48. The minimum atomic E-state index is 0.0950. The van der Waals surface area contributed by atoms with Crippen LogP contribution >= 0.6 is 23.4 Å². The Morgan fingerprint density at radius 3 is 2.62 bits per heavy atom. The lowest BCUT2D eigenvalue weighted by Crippen LogP contribution is -3.16. The maximum absolute atomic E-state index is 13.3. The minimum absolute atomic E-state index is 0.0950. The second-order valence-corrected chi connectivity index (χ2v) is 8.52. The summed E-state index contributed by atoms with van der Waals surface area (Å²) in [5, 5.41) is 0.641. The molecule has 4 nitrogen and oxygen atoms in total. The van der Waals surface area contributed by atoms with E-state index in [1.54, 1.807) is 11.8 Å². The largest absolute Gasteiger partial charge is 0.364 e. The molecule has 0 aliphatic carbocycles. The van der Waals surface area contributed by atoms with Crippen molar-refractivity contribution in [2.45, 2.75) is 35.8 Å². The number of hydrogen-bond acceptors (Lipinski definition) is 3. The molecule has 2 aromatic rings. The fourth-order valence-corrected chi connectivity index (χ4v) is 5.03. The monoisotopic (exact) mass is 389 g/mol. The first kappa shape index (κ1) is 17.9. The number of benzene rings is 2. The second kappa shape index (κ2) is 7.24. The summed E-state index contributed by atoms with van der Waals surface area (Å²) >= 11 is 7.91. The lowest BCUT2D eigenvalue weighted by atomic mass is 10.2. The molecule has 6 heteroatoms. The number of rotatable bonds is 2. The molecule has 1 saturated heterocycles. The molecule has 2 aromatic carbocycles. The number of anilines is 2. The molecule has 0 saturated carbocycles. The third-order valence-electron chi connectivity index (χ3n) is 4.76. The number of quaternary nitrogens is 1. The van der Waals surface area contributed by atoms with E-state index in [9.17, 15) is 4.79 Å². The second-order valence-electron chi connectivity index (χ2n) is 7.00. The Hall–Kier alpha value is -1.53. The number of carbonyl (C=O) groups excluding carboxylic acids is 1. The zero-order chi connectivity index (χ0) is 18.3. The summed E-state index contributed by atoms with van der Waals surface area (Å²) < 4.78 is 5.81. The first-order valence-electron chi connectivity index (χ1n) is 8.89. The van der Waals surface area contributed by atoms with Crippen LogP contribution in [-0.4, -0.2) is 37.7 Å². The van der Waals surface area contributed by atoms with Gasteiger partial charge in [-0.25, -0.2) is 0 Å². The highest BCUT2D eigenvalue weighted by atomic mass is 35.5. The fraction of sp³-hybridized carbons (Fsp3) is 0.350. The van der Waals surface area contributed by atoms with Gasteiger partial charge in [-0.3, -0.25) is 9.69 Å². The van der Waals surface area contributed by atoms with Crippen LogP contribution < -0.4 is 9.80 Å². The number of halogens is 1. The van der Waals surface area contributed by atoms with Crippen LogP contribution in [0.1, 0.15) is 13.8 Å². The van der Waals surface area contributed by atoms with Gasteiger partial charge in [0.1, 0.15) is 25.3 Å². The molecule has 136 valence electrons. The molecule has 2 atom stereocenters. The van der Waals surface area contributed by atoms with Crippen LogP contribution in [0.3, 0.4) is 0 Å². The number of nitrogens with zero attached hydrogens (tertiary/aromatic N) is 1. The van der Waals surface area contributed by atoms with Gasteiger partial charge >= 0.3 is 0 Å². The van der Waals surface area contributed by atoms with E-state index < -0.39 is 0 Å². The van der Waals surface area contributed by atoms with E-state index in [2.05, 4.69) is 19.9 Å². The van der Waals surface area contributed by atoms with Gasteiger partial charge in [0.15, 0.2) is 6.54 Å². The van der Waals surface area contributed by atoms with Gasteiger partial charge in [-0.05, 0) is 44.2 Å². The summed E-state index contributed by atoms with van der Waals surface area (Å²) in [5.41, 5.74) is 1.81. The van der Waals surface area contributed by atoms with Gasteiger partial charge in [-0.2, -0.15) is 0 Å². The van der Waals surface area contributed by atoms with E-state index in [-0.39, 0.29) is 18.1 Å². The molecule has 0 radical (unpaired) electrons. The number of nitrogens with one attached hydrogen (secondary N) is 1. The number of carbonyl (C=O) groups is 1. The van der Waals surface area contributed by atoms with Gasteiger partial charge < -0.3 is 9.64 Å². The Morgan fingerprint density at radius 2 is 1.85 bits per heavy atom. The lowest BCUT2D eigenvalue weighted by molar-refractivity contribution is -0.907. The summed E-state index contributed by atoms with van der Waals surface area (Å²) in [4.78, 5) is 18.6. The molecule has 0 aromatic heterocycles. The molecule has 1 N–H and O–H groups in total. The Morgan fingerprint density at radius 1 is 1.15 bits per heavy atom. The maximum atomic E-state index is 13.3. The quantitative estimate of drug-likeness (QED) is 0.856. The number of para-hydroxylation sites is 1. The third kappa shape index (κ3) is 3.49. The molecule has 1 fully saturated rings. The number of amides is 1. The Kier molecular flexibility index (Phi) is 4.97. The summed E-state index contributed by atoms with van der Waals surface area (Å²) in [6.07, 6.45) is 0.347. The lowest BCUT2D eigenvalue weighted by Gasteiger charge is -2.35. The summed E-state index contributed by atoms with van der Waals surface area (Å²) in [5.74, 6) is 0.0950. The standard InChI is InChI=1S/C20H21ClN2O2S/c1-13-10-22(11-14(2)25-13)12-20(24)23-16-5-3-4-6-18(16)26-19-8-7-15(21)9-17(19)23/h3-9,13-14H,10-12H2,1-2H3/p+1/t13-,14-/m1/s1. The van der Waals surface area contributed by atoms with Gasteiger partial charge in [0, 0.05) is 14.8 Å². The molecule has 0 bridgehead atoms. The average molecular weight is 390 g/mol. The van der Waals surface area contributed by atoms with Crippen LogP contribution in [0, 0.1) is 0 Å². The van der Waals surface area contributed by atoms with Crippen LogP contribution in [0.2, 0.25) is 5.02 Å². The summed E-state index contributed by atoms with van der Waals surface area (Å²) in [6, 6.07) is 13.8. The molecular weight excluding hydrogens is 368 g/mol. The van der Waals surface area contributed by atoms with Crippen molar-refractivity contribution in [3.63, 3.8) is 0 Å². The van der Waals surface area contributed by atoms with Gasteiger partial charge in [0.05, 0.1) is 11.4 Å². The number of fused-ring (bicyclic) bond motifs is 2. The summed E-state index contributed by atoms with van der Waals surface area (Å²) in [7, 11) is 0. The molecule has 2 aliphatic rings. The summed E-state index contributed by atoms with van der Waals surface area (Å²) in [6.45, 7) is 6.29.